The number of benzene rings is 1. The Bertz CT molecular complexity index is 297. The zero-order valence-corrected chi connectivity index (χ0v) is 10.4. The summed E-state index contributed by atoms with van der Waals surface area (Å²) in [6.07, 6.45) is 0.968. The third-order valence-corrected chi connectivity index (χ3v) is 2.75. The Morgan fingerprint density at radius 2 is 2.00 bits per heavy atom. The van der Waals surface area contributed by atoms with Gasteiger partial charge in [-0.3, -0.25) is 0 Å². The third-order valence-electron chi connectivity index (χ3n) is 2.53. The molecule has 1 aromatic carbocycles. The van der Waals surface area contributed by atoms with E-state index in [1.807, 2.05) is 6.92 Å². The van der Waals surface area contributed by atoms with Crippen LogP contribution in [0.25, 0.3) is 0 Å². The summed E-state index contributed by atoms with van der Waals surface area (Å²) in [5, 5.41) is 0.402. The number of nitrogens with two attached hydrogens (primary N) is 1. The lowest BCUT2D eigenvalue weighted by Crippen LogP contribution is -2.18. The van der Waals surface area contributed by atoms with E-state index >= 15 is 0 Å². The van der Waals surface area contributed by atoms with Crippen molar-refractivity contribution >= 4 is 24.0 Å². The van der Waals surface area contributed by atoms with Gasteiger partial charge in [0.2, 0.25) is 0 Å². The van der Waals surface area contributed by atoms with Gasteiger partial charge in [0.05, 0.1) is 0 Å². The van der Waals surface area contributed by atoms with Crippen molar-refractivity contribution in [2.75, 3.05) is 0 Å². The SMILES string of the molecule is CCC(C)[C@@H](N)c1cc(F)cc(Cl)c1.Cl. The minimum absolute atomic E-state index is 0. The molecule has 0 saturated heterocycles. The highest BCUT2D eigenvalue weighted by atomic mass is 35.5. The fraction of sp³-hybridized carbons (Fsp3) is 0.455. The minimum atomic E-state index is -0.328. The van der Waals surface area contributed by atoms with Crippen LogP contribution in [0.5, 0.6) is 0 Å². The molecule has 1 unspecified atom stereocenters. The highest BCUT2D eigenvalue weighted by molar-refractivity contribution is 6.30. The topological polar surface area (TPSA) is 26.0 Å². The third kappa shape index (κ3) is 3.98. The average molecular weight is 252 g/mol. The number of halogens is 3. The first-order valence-corrected chi connectivity index (χ1v) is 5.14. The summed E-state index contributed by atoms with van der Waals surface area (Å²) in [6, 6.07) is 4.31. The van der Waals surface area contributed by atoms with Crippen LogP contribution in [-0.2, 0) is 0 Å². The van der Waals surface area contributed by atoms with Gasteiger partial charge in [-0.05, 0) is 29.7 Å². The second kappa shape index (κ2) is 6.31. The van der Waals surface area contributed by atoms with Crippen molar-refractivity contribution in [1.82, 2.24) is 0 Å². The molecule has 2 atom stereocenters. The van der Waals surface area contributed by atoms with Gasteiger partial charge < -0.3 is 5.73 Å². The van der Waals surface area contributed by atoms with E-state index in [0.29, 0.717) is 10.9 Å². The molecular weight excluding hydrogens is 236 g/mol. The van der Waals surface area contributed by atoms with Crippen LogP contribution in [0.2, 0.25) is 5.02 Å². The highest BCUT2D eigenvalue weighted by Gasteiger charge is 2.14. The van der Waals surface area contributed by atoms with Crippen molar-refractivity contribution in [1.29, 1.82) is 0 Å². The van der Waals surface area contributed by atoms with E-state index in [9.17, 15) is 4.39 Å². The fourth-order valence-corrected chi connectivity index (χ4v) is 1.58. The molecule has 1 rings (SSSR count). The Morgan fingerprint density at radius 3 is 2.47 bits per heavy atom. The molecule has 0 spiro atoms. The first kappa shape index (κ1) is 14.7. The lowest BCUT2D eigenvalue weighted by Gasteiger charge is -2.18. The molecule has 0 radical (unpaired) electrons. The van der Waals surface area contributed by atoms with E-state index in [-0.39, 0.29) is 24.3 Å². The molecule has 0 aliphatic rings. The van der Waals surface area contributed by atoms with Crippen molar-refractivity contribution in [2.45, 2.75) is 26.3 Å². The molecule has 2 N–H and O–H groups in total. The summed E-state index contributed by atoms with van der Waals surface area (Å²) in [5.74, 6) is -0.000815. The van der Waals surface area contributed by atoms with Gasteiger partial charge >= 0.3 is 0 Å². The van der Waals surface area contributed by atoms with Crippen LogP contribution in [0.3, 0.4) is 0 Å². The van der Waals surface area contributed by atoms with Gasteiger partial charge in [-0.15, -0.1) is 12.4 Å². The van der Waals surface area contributed by atoms with Crippen molar-refractivity contribution in [3.63, 3.8) is 0 Å². The molecule has 0 heterocycles. The maximum atomic E-state index is 13.0. The molecule has 86 valence electrons. The van der Waals surface area contributed by atoms with E-state index in [2.05, 4.69) is 6.92 Å². The molecule has 1 aromatic rings. The van der Waals surface area contributed by atoms with E-state index in [1.165, 1.54) is 12.1 Å². The molecular formula is C11H16Cl2FN. The maximum absolute atomic E-state index is 13.0. The molecule has 0 aromatic heterocycles. The molecule has 15 heavy (non-hydrogen) atoms. The van der Waals surface area contributed by atoms with Gasteiger partial charge in [0.15, 0.2) is 0 Å². The largest absolute Gasteiger partial charge is 0.324 e. The van der Waals surface area contributed by atoms with Gasteiger partial charge in [0.25, 0.3) is 0 Å². The standard InChI is InChI=1S/C11H15ClFN.ClH/c1-3-7(2)11(14)8-4-9(12)6-10(13)5-8;/h4-7,11H,3,14H2,1-2H3;1H/t7?,11-;/m1./s1. The zero-order chi connectivity index (χ0) is 10.7. The Morgan fingerprint density at radius 1 is 1.40 bits per heavy atom. The van der Waals surface area contributed by atoms with Crippen LogP contribution < -0.4 is 5.73 Å². The van der Waals surface area contributed by atoms with Crippen molar-refractivity contribution in [3.8, 4) is 0 Å². The van der Waals surface area contributed by atoms with Gasteiger partial charge in [-0.1, -0.05) is 31.9 Å². The van der Waals surface area contributed by atoms with Crippen LogP contribution >= 0.6 is 24.0 Å². The summed E-state index contributed by atoms with van der Waals surface area (Å²) in [7, 11) is 0. The monoisotopic (exact) mass is 251 g/mol. The minimum Gasteiger partial charge on any atom is -0.324 e. The van der Waals surface area contributed by atoms with E-state index in [1.54, 1.807) is 6.07 Å². The summed E-state index contributed by atoms with van der Waals surface area (Å²) in [4.78, 5) is 0. The smallest absolute Gasteiger partial charge is 0.125 e. The second-order valence-electron chi connectivity index (χ2n) is 3.61. The van der Waals surface area contributed by atoms with E-state index in [4.69, 9.17) is 17.3 Å². The predicted octanol–water partition coefficient (Wildman–Crippen LogP) is 3.95. The fourth-order valence-electron chi connectivity index (χ4n) is 1.35. The predicted molar refractivity (Wildman–Crippen MR) is 65.0 cm³/mol. The van der Waals surface area contributed by atoms with Gasteiger partial charge in [0, 0.05) is 11.1 Å². The molecule has 0 aliphatic carbocycles. The molecule has 4 heteroatoms. The van der Waals surface area contributed by atoms with Crippen LogP contribution in [-0.4, -0.2) is 0 Å². The summed E-state index contributed by atoms with van der Waals surface area (Å²) in [5.41, 5.74) is 6.73. The quantitative estimate of drug-likeness (QED) is 0.866. The Labute approximate surface area is 101 Å². The highest BCUT2D eigenvalue weighted by Crippen LogP contribution is 2.25. The van der Waals surface area contributed by atoms with Crippen molar-refractivity contribution in [2.24, 2.45) is 11.7 Å². The lowest BCUT2D eigenvalue weighted by molar-refractivity contribution is 0.455. The summed E-state index contributed by atoms with van der Waals surface area (Å²) < 4.78 is 13.0. The van der Waals surface area contributed by atoms with E-state index in [0.717, 1.165) is 12.0 Å². The van der Waals surface area contributed by atoms with Crippen molar-refractivity contribution in [3.05, 3.63) is 34.6 Å². The number of rotatable bonds is 3. The maximum Gasteiger partial charge on any atom is 0.125 e. The Kier molecular flexibility index (Phi) is 6.18. The average Bonchev–Trinajstić information content (AvgIpc) is 2.14. The number of hydrogen-bond donors (Lipinski definition) is 1. The first-order valence-electron chi connectivity index (χ1n) is 4.76. The zero-order valence-electron chi connectivity index (χ0n) is 8.84. The molecule has 0 bridgehead atoms. The summed E-state index contributed by atoms with van der Waals surface area (Å²) >= 11 is 5.75. The van der Waals surface area contributed by atoms with Gasteiger partial charge in [-0.25, -0.2) is 4.39 Å². The van der Waals surface area contributed by atoms with Gasteiger partial charge in [-0.2, -0.15) is 0 Å². The first-order chi connectivity index (χ1) is 6.54. The lowest BCUT2D eigenvalue weighted by atomic mass is 9.93. The summed E-state index contributed by atoms with van der Waals surface area (Å²) in [6.45, 7) is 4.11. The Hall–Kier alpha value is -0.310. The van der Waals surface area contributed by atoms with E-state index < -0.39 is 0 Å². The molecule has 0 fully saturated rings. The molecule has 0 aliphatic heterocycles. The van der Waals surface area contributed by atoms with Crippen LogP contribution in [0, 0.1) is 11.7 Å². The van der Waals surface area contributed by atoms with Crippen LogP contribution in [0.15, 0.2) is 18.2 Å². The normalized spacial score (nSPS) is 14.2. The Balaban J connectivity index is 0.00000196. The van der Waals surface area contributed by atoms with Crippen LogP contribution in [0.4, 0.5) is 4.39 Å². The number of hydrogen-bond acceptors (Lipinski definition) is 1. The van der Waals surface area contributed by atoms with Gasteiger partial charge in [0.1, 0.15) is 5.82 Å². The molecule has 0 saturated carbocycles. The molecule has 1 nitrogen and oxygen atoms in total. The second-order valence-corrected chi connectivity index (χ2v) is 4.05. The van der Waals surface area contributed by atoms with Crippen LogP contribution in [0.1, 0.15) is 31.9 Å². The van der Waals surface area contributed by atoms with Crippen molar-refractivity contribution < 1.29 is 4.39 Å². The molecule has 0 amide bonds.